The fraction of sp³-hybridized carbons (Fsp3) is 0.682. The summed E-state index contributed by atoms with van der Waals surface area (Å²) in [6, 6.07) is 8.47. The number of fused-ring (bicyclic) bond motifs is 1. The third kappa shape index (κ3) is 4.75. The summed E-state index contributed by atoms with van der Waals surface area (Å²) in [5, 5.41) is 7.03. The summed E-state index contributed by atoms with van der Waals surface area (Å²) in [7, 11) is -3.11. The van der Waals surface area contributed by atoms with Crippen molar-refractivity contribution in [3.05, 3.63) is 29.8 Å². The molecule has 1 aromatic rings. The average molecular weight is 435 g/mol. The summed E-state index contributed by atoms with van der Waals surface area (Å²) in [6.45, 7) is 4.62. The Bertz CT molecular complexity index is 880. The Morgan fingerprint density at radius 1 is 1.30 bits per heavy atom. The van der Waals surface area contributed by atoms with E-state index in [9.17, 15) is 8.42 Å². The van der Waals surface area contributed by atoms with Crippen molar-refractivity contribution in [1.82, 2.24) is 14.9 Å². The summed E-state index contributed by atoms with van der Waals surface area (Å²) in [6.07, 6.45) is 7.75. The fourth-order valence-corrected chi connectivity index (χ4v) is 5.94. The van der Waals surface area contributed by atoms with Crippen LogP contribution in [0.25, 0.3) is 0 Å². The van der Waals surface area contributed by atoms with Crippen LogP contribution in [0.4, 0.5) is 0 Å². The van der Waals surface area contributed by atoms with E-state index in [1.807, 2.05) is 6.07 Å². The van der Waals surface area contributed by atoms with Crippen molar-refractivity contribution < 1.29 is 13.2 Å². The number of ether oxygens (including phenoxy) is 1. The number of rotatable bonds is 5. The van der Waals surface area contributed by atoms with E-state index in [1.54, 1.807) is 4.31 Å². The van der Waals surface area contributed by atoms with E-state index in [0.717, 1.165) is 43.9 Å². The van der Waals surface area contributed by atoms with Crippen LogP contribution in [0.2, 0.25) is 0 Å². The lowest BCUT2D eigenvalue weighted by atomic mass is 9.86. The van der Waals surface area contributed by atoms with E-state index in [4.69, 9.17) is 9.73 Å². The Morgan fingerprint density at radius 3 is 2.77 bits per heavy atom. The molecule has 166 valence electrons. The Labute approximate surface area is 180 Å². The van der Waals surface area contributed by atoms with Crippen LogP contribution < -0.4 is 15.4 Å². The molecule has 0 aromatic heterocycles. The van der Waals surface area contributed by atoms with Crippen LogP contribution in [0.3, 0.4) is 0 Å². The molecule has 2 fully saturated rings. The molecule has 0 amide bonds. The maximum absolute atomic E-state index is 11.8. The summed E-state index contributed by atoms with van der Waals surface area (Å²) in [4.78, 5) is 4.83. The van der Waals surface area contributed by atoms with Crippen LogP contribution >= 0.6 is 0 Å². The SMILES string of the molecule is CCNC(=NCC1CCN(S(C)(=O)=O)C1)NC1CC2(CCCC2)Oc2ccccc21. The van der Waals surface area contributed by atoms with E-state index < -0.39 is 10.0 Å². The lowest BCUT2D eigenvalue weighted by molar-refractivity contribution is 0.0396. The molecule has 0 bridgehead atoms. The zero-order valence-corrected chi connectivity index (χ0v) is 18.9. The molecule has 1 saturated carbocycles. The summed E-state index contributed by atoms with van der Waals surface area (Å²) >= 11 is 0. The monoisotopic (exact) mass is 434 g/mol. The van der Waals surface area contributed by atoms with Crippen LogP contribution in [0.15, 0.2) is 29.3 Å². The predicted octanol–water partition coefficient (Wildman–Crippen LogP) is 2.66. The highest BCUT2D eigenvalue weighted by molar-refractivity contribution is 7.88. The van der Waals surface area contributed by atoms with Crippen LogP contribution in [-0.4, -0.2) is 56.7 Å². The molecular formula is C22H34N4O3S. The number of aliphatic imine (C=N–C) groups is 1. The molecule has 4 rings (SSSR count). The van der Waals surface area contributed by atoms with Crippen molar-refractivity contribution in [2.45, 2.75) is 57.1 Å². The zero-order chi connectivity index (χ0) is 21.2. The second-order valence-electron chi connectivity index (χ2n) is 8.93. The second kappa shape index (κ2) is 8.75. The maximum atomic E-state index is 11.8. The number of guanidine groups is 1. The van der Waals surface area contributed by atoms with Gasteiger partial charge in [0.05, 0.1) is 12.3 Å². The number of sulfonamides is 1. The van der Waals surface area contributed by atoms with Crippen molar-refractivity contribution >= 4 is 16.0 Å². The van der Waals surface area contributed by atoms with E-state index in [-0.39, 0.29) is 17.6 Å². The summed E-state index contributed by atoms with van der Waals surface area (Å²) in [5.41, 5.74) is 1.12. The first-order chi connectivity index (χ1) is 14.4. The normalized spacial score (nSPS) is 26.4. The first kappa shape index (κ1) is 21.4. The zero-order valence-electron chi connectivity index (χ0n) is 18.1. The van der Waals surface area contributed by atoms with Crippen molar-refractivity contribution in [1.29, 1.82) is 0 Å². The van der Waals surface area contributed by atoms with Gasteiger partial charge in [0.15, 0.2) is 5.96 Å². The van der Waals surface area contributed by atoms with Crippen molar-refractivity contribution in [3.8, 4) is 5.75 Å². The number of nitrogens with one attached hydrogen (secondary N) is 2. The van der Waals surface area contributed by atoms with E-state index in [1.165, 1.54) is 24.7 Å². The summed E-state index contributed by atoms with van der Waals surface area (Å²) in [5.74, 6) is 2.04. The molecule has 7 nitrogen and oxygen atoms in total. The lowest BCUT2D eigenvalue weighted by Gasteiger charge is -2.40. The van der Waals surface area contributed by atoms with Gasteiger partial charge in [0.25, 0.3) is 0 Å². The molecule has 0 radical (unpaired) electrons. The quantitative estimate of drug-likeness (QED) is 0.550. The van der Waals surface area contributed by atoms with Gasteiger partial charge >= 0.3 is 0 Å². The molecular weight excluding hydrogens is 400 g/mol. The van der Waals surface area contributed by atoms with Gasteiger partial charge < -0.3 is 15.4 Å². The fourth-order valence-electron chi connectivity index (χ4n) is 5.03. The van der Waals surface area contributed by atoms with E-state index in [2.05, 4.69) is 35.8 Å². The van der Waals surface area contributed by atoms with Gasteiger partial charge in [-0.3, -0.25) is 4.99 Å². The van der Waals surface area contributed by atoms with Crippen LogP contribution in [0.5, 0.6) is 5.75 Å². The Balaban J connectivity index is 1.48. The van der Waals surface area contributed by atoms with Crippen LogP contribution in [0.1, 0.15) is 57.1 Å². The number of para-hydroxylation sites is 1. The Kier molecular flexibility index (Phi) is 6.25. The molecule has 2 heterocycles. The first-order valence-electron chi connectivity index (χ1n) is 11.2. The molecule has 30 heavy (non-hydrogen) atoms. The third-order valence-corrected chi connectivity index (χ3v) is 7.86. The van der Waals surface area contributed by atoms with Gasteiger partial charge in [-0.1, -0.05) is 18.2 Å². The Morgan fingerprint density at radius 2 is 2.07 bits per heavy atom. The molecule has 1 saturated heterocycles. The minimum absolute atomic E-state index is 0.0647. The highest BCUT2D eigenvalue weighted by atomic mass is 32.2. The molecule has 2 N–H and O–H groups in total. The smallest absolute Gasteiger partial charge is 0.211 e. The van der Waals surface area contributed by atoms with Gasteiger partial charge in [0, 0.05) is 38.2 Å². The molecule has 3 aliphatic rings. The minimum atomic E-state index is -3.11. The molecule has 2 atom stereocenters. The molecule has 2 unspecified atom stereocenters. The topological polar surface area (TPSA) is 83.0 Å². The number of benzene rings is 1. The summed E-state index contributed by atoms with van der Waals surface area (Å²) < 4.78 is 31.6. The second-order valence-corrected chi connectivity index (χ2v) is 10.9. The minimum Gasteiger partial charge on any atom is -0.487 e. The lowest BCUT2D eigenvalue weighted by Crippen LogP contribution is -2.46. The van der Waals surface area contributed by atoms with Gasteiger partial charge in [0.1, 0.15) is 11.4 Å². The molecule has 8 heteroatoms. The third-order valence-electron chi connectivity index (χ3n) is 6.59. The van der Waals surface area contributed by atoms with Crippen molar-refractivity contribution in [3.63, 3.8) is 0 Å². The number of hydrogen-bond donors (Lipinski definition) is 2. The van der Waals surface area contributed by atoms with Gasteiger partial charge in [0.2, 0.25) is 10.0 Å². The van der Waals surface area contributed by atoms with Crippen LogP contribution in [-0.2, 0) is 10.0 Å². The van der Waals surface area contributed by atoms with Crippen LogP contribution in [0, 0.1) is 5.92 Å². The molecule has 1 spiro atoms. The maximum Gasteiger partial charge on any atom is 0.211 e. The molecule has 2 aliphatic heterocycles. The van der Waals surface area contributed by atoms with Gasteiger partial charge in [-0.15, -0.1) is 0 Å². The Hall–Kier alpha value is -1.80. The van der Waals surface area contributed by atoms with Gasteiger partial charge in [-0.25, -0.2) is 12.7 Å². The van der Waals surface area contributed by atoms with E-state index >= 15 is 0 Å². The van der Waals surface area contributed by atoms with Crippen molar-refractivity contribution in [2.24, 2.45) is 10.9 Å². The van der Waals surface area contributed by atoms with Gasteiger partial charge in [-0.2, -0.15) is 0 Å². The predicted molar refractivity (Wildman–Crippen MR) is 119 cm³/mol. The molecule has 1 aliphatic carbocycles. The standard InChI is InChI=1S/C22H34N4O3S/c1-3-23-21(24-15-17-10-13-26(16-17)30(2,27)28)25-19-14-22(11-6-7-12-22)29-20-9-5-4-8-18(19)20/h4-5,8-9,17,19H,3,6-7,10-16H2,1-2H3,(H2,23,24,25). The number of nitrogens with zero attached hydrogens (tertiary/aromatic N) is 2. The van der Waals surface area contributed by atoms with Crippen molar-refractivity contribution in [2.75, 3.05) is 32.4 Å². The van der Waals surface area contributed by atoms with Gasteiger partial charge in [-0.05, 0) is 51.0 Å². The van der Waals surface area contributed by atoms with E-state index in [0.29, 0.717) is 19.6 Å². The highest BCUT2D eigenvalue weighted by Crippen LogP contribution is 2.46. The largest absolute Gasteiger partial charge is 0.487 e. The number of hydrogen-bond acceptors (Lipinski definition) is 4. The first-order valence-corrected chi connectivity index (χ1v) is 13.0. The average Bonchev–Trinajstić information content (AvgIpc) is 3.36. The molecule has 1 aromatic carbocycles. The highest BCUT2D eigenvalue weighted by Gasteiger charge is 2.43.